The maximum atomic E-state index is 13.3. The number of piperazine rings is 1. The molecular formula is C33H40N7O9. The number of β-lactam (4-membered cyclic amide) rings is 1. The Labute approximate surface area is 283 Å². The number of nitrogens with zero attached hydrogens (tertiary/aromatic N) is 4. The van der Waals surface area contributed by atoms with Crippen LogP contribution in [0.15, 0.2) is 65.7 Å². The van der Waals surface area contributed by atoms with Crippen LogP contribution in [0.1, 0.15) is 30.9 Å². The number of aliphatic imine (C=N–C) groups is 1. The van der Waals surface area contributed by atoms with E-state index in [9.17, 15) is 28.8 Å². The second kappa shape index (κ2) is 18.0. The van der Waals surface area contributed by atoms with E-state index >= 15 is 0 Å². The number of amides is 7. The number of imide groups is 1. The summed E-state index contributed by atoms with van der Waals surface area (Å²) >= 11 is 0. The maximum absolute atomic E-state index is 13.3. The first-order chi connectivity index (χ1) is 23.7. The van der Waals surface area contributed by atoms with E-state index in [2.05, 4.69) is 20.9 Å². The van der Waals surface area contributed by atoms with Gasteiger partial charge in [-0.25, -0.2) is 19.2 Å². The molecule has 2 heterocycles. The highest BCUT2D eigenvalue weighted by Gasteiger charge is 2.54. The van der Waals surface area contributed by atoms with Crippen molar-refractivity contribution < 1.29 is 43.0 Å². The van der Waals surface area contributed by atoms with E-state index in [-0.39, 0.29) is 64.7 Å². The number of hydrogen-bond acceptors (Lipinski definition) is 10. The summed E-state index contributed by atoms with van der Waals surface area (Å²) in [4.78, 5) is 84.3. The van der Waals surface area contributed by atoms with Gasteiger partial charge in [0.1, 0.15) is 25.9 Å². The van der Waals surface area contributed by atoms with Crippen LogP contribution in [0.5, 0.6) is 0 Å². The van der Waals surface area contributed by atoms with Crippen LogP contribution in [0.25, 0.3) is 0 Å². The summed E-state index contributed by atoms with van der Waals surface area (Å²) in [6.07, 6.45) is -1.79. The van der Waals surface area contributed by atoms with Crippen molar-refractivity contribution in [3.63, 3.8) is 0 Å². The van der Waals surface area contributed by atoms with Crippen LogP contribution in [-0.4, -0.2) is 103 Å². The predicted octanol–water partition coefficient (Wildman–Crippen LogP) is 2.60. The molecular weight excluding hydrogens is 638 g/mol. The predicted molar refractivity (Wildman–Crippen MR) is 174 cm³/mol. The summed E-state index contributed by atoms with van der Waals surface area (Å²) in [5.74, 6) is -2.01. The van der Waals surface area contributed by atoms with Gasteiger partial charge in [0.15, 0.2) is 0 Å². The molecule has 7 amide bonds. The fraction of sp³-hybridized carbons (Fsp3) is 0.394. The number of urea groups is 1. The lowest BCUT2D eigenvalue weighted by Gasteiger charge is -2.47. The number of guanidine groups is 1. The van der Waals surface area contributed by atoms with Crippen molar-refractivity contribution in [3.8, 4) is 0 Å². The zero-order valence-corrected chi connectivity index (χ0v) is 27.3. The second-order valence-electron chi connectivity index (χ2n) is 11.0. The molecule has 2 saturated heterocycles. The Morgan fingerprint density at radius 1 is 0.837 bits per heavy atom. The van der Waals surface area contributed by atoms with Crippen molar-refractivity contribution in [3.05, 3.63) is 78.4 Å². The Hall–Kier alpha value is -5.67. The highest BCUT2D eigenvalue weighted by Crippen LogP contribution is 2.32. The maximum Gasteiger partial charge on any atom is 0.414 e. The van der Waals surface area contributed by atoms with Gasteiger partial charge in [-0.05, 0) is 30.9 Å². The third-order valence-electron chi connectivity index (χ3n) is 7.77. The third-order valence-corrected chi connectivity index (χ3v) is 7.77. The summed E-state index contributed by atoms with van der Waals surface area (Å²) in [5.41, 5.74) is 1.51. The first kappa shape index (κ1) is 36.2. The lowest BCUT2D eigenvalue weighted by molar-refractivity contribution is -0.158. The number of rotatable bonds is 10. The van der Waals surface area contributed by atoms with Crippen LogP contribution in [-0.2, 0) is 37.0 Å². The second-order valence-corrected chi connectivity index (χ2v) is 11.0. The van der Waals surface area contributed by atoms with Crippen LogP contribution in [0, 0.1) is 12.5 Å². The molecule has 1 unspecified atom stereocenters. The molecule has 2 fully saturated rings. The van der Waals surface area contributed by atoms with E-state index in [0.29, 0.717) is 0 Å². The van der Waals surface area contributed by atoms with Crippen LogP contribution >= 0.6 is 0 Å². The van der Waals surface area contributed by atoms with Crippen molar-refractivity contribution in [2.75, 3.05) is 39.8 Å². The molecule has 2 aliphatic heterocycles. The Balaban J connectivity index is 1.33. The molecule has 49 heavy (non-hydrogen) atoms. The highest BCUT2D eigenvalue weighted by molar-refractivity contribution is 6.09. The summed E-state index contributed by atoms with van der Waals surface area (Å²) < 4.78 is 15.4. The quantitative estimate of drug-likeness (QED) is 0.112. The van der Waals surface area contributed by atoms with Crippen molar-refractivity contribution in [1.29, 1.82) is 0 Å². The van der Waals surface area contributed by atoms with Crippen molar-refractivity contribution in [2.45, 2.75) is 39.0 Å². The molecule has 0 bridgehead atoms. The molecule has 0 aromatic heterocycles. The standard InChI is InChI=1S/C33H40N7O9/c1-3-47-33(46)39-19-17-38(18-20-39)32(45)40-26(27(41)34-2)25(28(40)42)15-10-16-35-29(36-30(43)48-21-23-11-6-4-7-12-23)37-31(44)49-22-24-13-8-5-9-14-24/h3-9,11-14,25-26H,10,15-22H2,1-2H3,(H,34,41)(H2,35,36,37,43,44)/t25-,26?/m1/s1. The minimum Gasteiger partial charge on any atom is -0.444 e. The van der Waals surface area contributed by atoms with E-state index < -0.39 is 48.1 Å². The molecule has 261 valence electrons. The third kappa shape index (κ3) is 10.2. The average Bonchev–Trinajstić information content (AvgIpc) is 3.12. The molecule has 2 aromatic carbocycles. The van der Waals surface area contributed by atoms with Crippen molar-refractivity contribution >= 4 is 42.1 Å². The molecule has 2 aliphatic rings. The van der Waals surface area contributed by atoms with Crippen LogP contribution in [0.4, 0.5) is 19.2 Å². The Kier molecular flexibility index (Phi) is 13.3. The number of carbonyl (C=O) groups is 6. The smallest absolute Gasteiger partial charge is 0.414 e. The number of hydrogen-bond donors (Lipinski definition) is 3. The van der Waals surface area contributed by atoms with Crippen molar-refractivity contribution in [1.82, 2.24) is 30.7 Å². The van der Waals surface area contributed by atoms with Gasteiger partial charge in [0.05, 0.1) is 5.92 Å². The van der Waals surface area contributed by atoms with Gasteiger partial charge in [-0.15, -0.1) is 0 Å². The van der Waals surface area contributed by atoms with E-state index in [0.717, 1.165) is 16.0 Å². The van der Waals surface area contributed by atoms with Gasteiger partial charge in [0.25, 0.3) is 0 Å². The average molecular weight is 679 g/mol. The molecule has 0 saturated carbocycles. The SMILES string of the molecule is C[CH]OC(=O)N1CCN(C(=O)N2C(=O)[C@H](CCCN=C(NC(=O)OCc3ccccc3)NC(=O)OCc3ccccc3)C2C(=O)NC)CC1. The fourth-order valence-electron chi connectivity index (χ4n) is 5.22. The van der Waals surface area contributed by atoms with Gasteiger partial charge in [-0.3, -0.25) is 30.1 Å². The zero-order valence-electron chi connectivity index (χ0n) is 27.3. The normalized spacial score (nSPS) is 16.9. The largest absolute Gasteiger partial charge is 0.444 e. The molecule has 1 radical (unpaired) electrons. The van der Waals surface area contributed by atoms with Gasteiger partial charge in [-0.1, -0.05) is 60.7 Å². The molecule has 16 nitrogen and oxygen atoms in total. The number of alkyl carbamates (subject to hydrolysis) is 2. The van der Waals surface area contributed by atoms with E-state index in [1.165, 1.54) is 23.5 Å². The fourth-order valence-corrected chi connectivity index (χ4v) is 5.22. The topological polar surface area (TPSA) is 188 Å². The molecule has 2 atom stereocenters. The van der Waals surface area contributed by atoms with Crippen molar-refractivity contribution in [2.24, 2.45) is 10.9 Å². The van der Waals surface area contributed by atoms with Gasteiger partial charge in [-0.2, -0.15) is 0 Å². The van der Waals surface area contributed by atoms with Gasteiger partial charge in [0.2, 0.25) is 17.8 Å². The minimum absolute atomic E-state index is 0.0158. The van der Waals surface area contributed by atoms with E-state index in [1.54, 1.807) is 55.5 Å². The Morgan fingerprint density at radius 3 is 1.88 bits per heavy atom. The summed E-state index contributed by atoms with van der Waals surface area (Å²) in [5, 5.41) is 7.33. The number of benzene rings is 2. The molecule has 2 aromatic rings. The van der Waals surface area contributed by atoms with E-state index in [1.807, 2.05) is 12.1 Å². The van der Waals surface area contributed by atoms with Crippen LogP contribution in [0.2, 0.25) is 0 Å². The zero-order chi connectivity index (χ0) is 35.2. The lowest BCUT2D eigenvalue weighted by Crippen LogP contribution is -2.70. The number of nitrogens with one attached hydrogen (secondary N) is 3. The molecule has 0 aliphatic carbocycles. The number of likely N-dealkylation sites (N-methyl/N-ethyl adjacent to an activating group) is 1. The van der Waals surface area contributed by atoms with Gasteiger partial charge >= 0.3 is 24.3 Å². The Morgan fingerprint density at radius 2 is 1.37 bits per heavy atom. The number of carbonyl (C=O) groups excluding carboxylic acids is 6. The first-order valence-electron chi connectivity index (χ1n) is 15.8. The van der Waals surface area contributed by atoms with E-state index in [4.69, 9.17) is 14.2 Å². The summed E-state index contributed by atoms with van der Waals surface area (Å²) in [6, 6.07) is 16.4. The molecule has 0 spiro atoms. The molecule has 16 heteroatoms. The summed E-state index contributed by atoms with van der Waals surface area (Å²) in [6.45, 7) is 3.64. The van der Waals surface area contributed by atoms with Crippen LogP contribution < -0.4 is 16.0 Å². The Bertz CT molecular complexity index is 1440. The van der Waals surface area contributed by atoms with Gasteiger partial charge in [0, 0.05) is 39.8 Å². The van der Waals surface area contributed by atoms with Gasteiger partial charge < -0.3 is 29.3 Å². The minimum atomic E-state index is -1.02. The van der Waals surface area contributed by atoms with Crippen LogP contribution in [0.3, 0.4) is 0 Å². The molecule has 4 rings (SSSR count). The highest BCUT2D eigenvalue weighted by atomic mass is 16.6. The monoisotopic (exact) mass is 678 g/mol. The molecule has 3 N–H and O–H groups in total. The number of ether oxygens (including phenoxy) is 3. The first-order valence-corrected chi connectivity index (χ1v) is 15.8. The lowest BCUT2D eigenvalue weighted by atomic mass is 9.83. The summed E-state index contributed by atoms with van der Waals surface area (Å²) in [7, 11) is 1.42. The number of likely N-dealkylation sites (tertiary alicyclic amines) is 1.